The van der Waals surface area contributed by atoms with Gasteiger partial charge in [-0.1, -0.05) is 38.1 Å². The lowest BCUT2D eigenvalue weighted by Crippen LogP contribution is -2.57. The van der Waals surface area contributed by atoms with Crippen molar-refractivity contribution in [1.29, 1.82) is 0 Å². The summed E-state index contributed by atoms with van der Waals surface area (Å²) in [5.74, 6) is 2.55. The highest BCUT2D eigenvalue weighted by Gasteiger charge is 2.43. The summed E-state index contributed by atoms with van der Waals surface area (Å²) in [5.41, 5.74) is 2.35. The van der Waals surface area contributed by atoms with Crippen LogP contribution in [0.1, 0.15) is 65.2 Å². The minimum atomic E-state index is -0.351. The van der Waals surface area contributed by atoms with Gasteiger partial charge >= 0.3 is 0 Å². The number of H-pyrrole nitrogens is 1. The zero-order valence-corrected chi connectivity index (χ0v) is 35.2. The molecule has 4 aliphatic rings. The molecule has 2 saturated carbocycles. The Balaban J connectivity index is 0.000000141. The average Bonchev–Trinajstić information content (AvgIpc) is 3.95. The Morgan fingerprint density at radius 3 is 1.75 bits per heavy atom. The first-order valence-electron chi connectivity index (χ1n) is 20.6. The third-order valence-corrected chi connectivity index (χ3v) is 12.1. The number of imidazole rings is 2. The van der Waals surface area contributed by atoms with Crippen LogP contribution in [0.25, 0.3) is 28.7 Å². The summed E-state index contributed by atoms with van der Waals surface area (Å²) in [6.45, 7) is 4.07. The van der Waals surface area contributed by atoms with Crippen molar-refractivity contribution >= 4 is 46.4 Å². The second kappa shape index (κ2) is 17.7. The predicted molar refractivity (Wildman–Crippen MR) is 231 cm³/mol. The van der Waals surface area contributed by atoms with E-state index in [0.29, 0.717) is 52.9 Å². The Kier molecular flexibility index (Phi) is 12.1. The molecule has 14 nitrogen and oxygen atoms in total. The molecule has 1 N–H and O–H groups in total. The van der Waals surface area contributed by atoms with E-state index in [2.05, 4.69) is 39.7 Å². The van der Waals surface area contributed by atoms with Crippen molar-refractivity contribution in [2.45, 2.75) is 89.4 Å². The van der Waals surface area contributed by atoms with Gasteiger partial charge in [0.25, 0.3) is 0 Å². The molecule has 2 aliphatic heterocycles. The Morgan fingerprint density at radius 2 is 1.25 bits per heavy atom. The molecule has 2 aliphatic carbocycles. The summed E-state index contributed by atoms with van der Waals surface area (Å²) in [6, 6.07) is 13.4. The number of nitrogens with zero attached hydrogens (tertiary/aromatic N) is 11. The van der Waals surface area contributed by atoms with Crippen molar-refractivity contribution in [3.8, 4) is 28.7 Å². The quantitative estimate of drug-likeness (QED) is 0.157. The van der Waals surface area contributed by atoms with E-state index < -0.39 is 0 Å². The van der Waals surface area contributed by atoms with Gasteiger partial charge in [-0.15, -0.1) is 0 Å². The predicted octanol–water partition coefficient (Wildman–Crippen LogP) is 8.04. The molecule has 0 bridgehead atoms. The van der Waals surface area contributed by atoms with E-state index in [4.69, 9.17) is 16.6 Å². The normalized spacial score (nSPS) is 18.6. The number of anilines is 4. The van der Waals surface area contributed by atoms with Crippen LogP contribution in [0, 0.1) is 11.6 Å². The largest absolute Gasteiger partial charge is 0.345 e. The van der Waals surface area contributed by atoms with E-state index in [1.165, 1.54) is 18.6 Å². The van der Waals surface area contributed by atoms with E-state index in [9.17, 15) is 18.4 Å². The molecule has 316 valence electrons. The molecule has 6 heterocycles. The van der Waals surface area contributed by atoms with Crippen LogP contribution in [0.4, 0.5) is 31.8 Å². The number of carbonyl (C=O) groups is 2. The lowest BCUT2D eigenvalue weighted by Gasteiger charge is -2.47. The average molecular weight is 849 g/mol. The smallest absolute Gasteiger partial charge is 0.249 e. The molecular weight excluding hydrogens is 802 g/mol. The summed E-state index contributed by atoms with van der Waals surface area (Å²) >= 11 is 5.93. The molecule has 0 radical (unpaired) electrons. The molecule has 2 amide bonds. The van der Waals surface area contributed by atoms with Crippen molar-refractivity contribution in [3.05, 3.63) is 103 Å². The molecule has 0 unspecified atom stereocenters. The molecular formula is C44H47ClF2N12O2. The van der Waals surface area contributed by atoms with Crippen molar-refractivity contribution in [1.82, 2.24) is 39.5 Å². The summed E-state index contributed by atoms with van der Waals surface area (Å²) in [4.78, 5) is 61.9. The molecule has 61 heavy (non-hydrogen) atoms. The van der Waals surface area contributed by atoms with Gasteiger partial charge in [0.15, 0.2) is 11.6 Å². The third-order valence-electron chi connectivity index (χ3n) is 11.9. The Bertz CT molecular complexity index is 2510. The second-order valence-corrected chi connectivity index (χ2v) is 15.7. The SMILES string of the molecule is CC[C@@H]1C(=O)N(C)c2cnc(-n3ccnc3-c3ccccc3F)nc2N1C1CCC1.CC[C@@H]1C(=O)N(C)c2cnc(Cl)nc2N1C1CCC1.Fc1ccccc1-c1ncc[nH]1. The molecule has 2 atom stereocenters. The zero-order chi connectivity index (χ0) is 42.8. The molecule has 10 rings (SSSR count). The van der Waals surface area contributed by atoms with E-state index >= 15 is 0 Å². The molecule has 0 spiro atoms. The van der Waals surface area contributed by atoms with Crippen LogP contribution in [-0.2, 0) is 9.59 Å². The molecule has 17 heteroatoms. The van der Waals surface area contributed by atoms with Gasteiger partial charge in [-0.05, 0) is 87.2 Å². The number of halogens is 3. The standard InChI is InChI=1S/C22H23FN6O.C13H17ClN4O.C9H7FN2/c1-3-17-21(30)27(2)18-13-25-22(26-20(18)29(17)14-7-6-8-14)28-12-11-24-19(28)15-9-4-5-10-16(15)23;1-3-9-12(19)17(2)10-7-15-13(14)16-11(10)18(9)8-5-4-6-8;10-8-4-2-1-3-7(8)9-11-5-6-12-9/h4-5,9-14,17H,3,6-8H2,1-2H3;7-9H,3-6H2,1-2H3;1-6H,(H,11,12)/t17-;9-;/m11./s1. The highest BCUT2D eigenvalue weighted by atomic mass is 35.5. The summed E-state index contributed by atoms with van der Waals surface area (Å²) in [6.07, 6.45) is 18.1. The maximum atomic E-state index is 14.4. The van der Waals surface area contributed by atoms with Crippen LogP contribution in [0.2, 0.25) is 5.28 Å². The van der Waals surface area contributed by atoms with Crippen LogP contribution < -0.4 is 19.6 Å². The van der Waals surface area contributed by atoms with Crippen molar-refractivity contribution < 1.29 is 18.4 Å². The van der Waals surface area contributed by atoms with Crippen molar-refractivity contribution in [2.24, 2.45) is 0 Å². The van der Waals surface area contributed by atoms with E-state index in [-0.39, 0.29) is 40.8 Å². The van der Waals surface area contributed by atoms with Crippen molar-refractivity contribution in [3.63, 3.8) is 0 Å². The number of carbonyl (C=O) groups excluding carboxylic acids is 2. The van der Waals surface area contributed by atoms with Crippen LogP contribution in [-0.4, -0.2) is 89.5 Å². The number of hydrogen-bond acceptors (Lipinski definition) is 10. The van der Waals surface area contributed by atoms with Gasteiger partial charge in [-0.3, -0.25) is 14.2 Å². The fourth-order valence-electron chi connectivity index (χ4n) is 8.19. The minimum absolute atomic E-state index is 0.0722. The van der Waals surface area contributed by atoms with Crippen LogP contribution in [0.5, 0.6) is 0 Å². The van der Waals surface area contributed by atoms with Crippen LogP contribution in [0.3, 0.4) is 0 Å². The maximum absolute atomic E-state index is 14.4. The Morgan fingerprint density at radius 1 is 0.705 bits per heavy atom. The number of nitrogens with one attached hydrogen (secondary N) is 1. The number of fused-ring (bicyclic) bond motifs is 2. The lowest BCUT2D eigenvalue weighted by molar-refractivity contribution is -0.121. The molecule has 6 aromatic rings. The fraction of sp³-hybridized carbons (Fsp3) is 0.364. The molecule has 0 saturated heterocycles. The van der Waals surface area contributed by atoms with Crippen LogP contribution in [0.15, 0.2) is 85.7 Å². The van der Waals surface area contributed by atoms with E-state index in [1.807, 2.05) is 13.8 Å². The minimum Gasteiger partial charge on any atom is -0.345 e. The number of hydrogen-bond donors (Lipinski definition) is 1. The third kappa shape index (κ3) is 7.91. The molecule has 2 fully saturated rings. The maximum Gasteiger partial charge on any atom is 0.249 e. The van der Waals surface area contributed by atoms with Gasteiger partial charge in [0.1, 0.15) is 46.7 Å². The fourth-order valence-corrected chi connectivity index (χ4v) is 8.32. The number of amides is 2. The number of aromatic amines is 1. The monoisotopic (exact) mass is 848 g/mol. The van der Waals surface area contributed by atoms with Gasteiger partial charge < -0.3 is 24.6 Å². The number of aromatic nitrogens is 8. The first kappa shape index (κ1) is 41.4. The number of rotatable bonds is 7. The van der Waals surface area contributed by atoms with Gasteiger partial charge in [0.2, 0.25) is 23.0 Å². The number of likely N-dealkylation sites (N-methyl/N-ethyl adjacent to an activating group) is 2. The summed E-state index contributed by atoms with van der Waals surface area (Å²) < 4.78 is 29.2. The second-order valence-electron chi connectivity index (χ2n) is 15.4. The Labute approximate surface area is 357 Å². The first-order valence-corrected chi connectivity index (χ1v) is 21.0. The lowest BCUT2D eigenvalue weighted by atomic mass is 9.88. The number of benzene rings is 2. The van der Waals surface area contributed by atoms with Gasteiger partial charge in [-0.2, -0.15) is 9.97 Å². The highest BCUT2D eigenvalue weighted by molar-refractivity contribution is 6.28. The van der Waals surface area contributed by atoms with Crippen molar-refractivity contribution in [2.75, 3.05) is 33.7 Å². The van der Waals surface area contributed by atoms with E-state index in [0.717, 1.165) is 55.8 Å². The van der Waals surface area contributed by atoms with Gasteiger partial charge in [0.05, 0.1) is 23.5 Å². The van der Waals surface area contributed by atoms with Crippen LogP contribution >= 0.6 is 11.6 Å². The van der Waals surface area contributed by atoms with E-state index in [1.54, 1.807) is 102 Å². The van der Waals surface area contributed by atoms with Gasteiger partial charge in [-0.25, -0.2) is 28.7 Å². The Hall–Kier alpha value is -6.29. The van der Waals surface area contributed by atoms with Gasteiger partial charge in [0, 0.05) is 51.0 Å². The summed E-state index contributed by atoms with van der Waals surface area (Å²) in [7, 11) is 3.55. The topological polar surface area (TPSA) is 145 Å². The highest BCUT2D eigenvalue weighted by Crippen LogP contribution is 2.42. The molecule has 4 aromatic heterocycles. The summed E-state index contributed by atoms with van der Waals surface area (Å²) in [5, 5.41) is 0.237. The zero-order valence-electron chi connectivity index (χ0n) is 34.4. The first-order chi connectivity index (χ1) is 29.6. The molecule has 2 aromatic carbocycles.